The summed E-state index contributed by atoms with van der Waals surface area (Å²) in [7, 11) is 0. The Morgan fingerprint density at radius 2 is 1.74 bits per heavy atom. The molecule has 0 bridgehead atoms. The van der Waals surface area contributed by atoms with E-state index in [1.807, 2.05) is 48.5 Å². The molecule has 0 spiro atoms. The molecule has 2 unspecified atom stereocenters. The van der Waals surface area contributed by atoms with Gasteiger partial charge in [-0.05, 0) is 17.5 Å². The highest BCUT2D eigenvalue weighted by Gasteiger charge is 2.31. The first-order valence-corrected chi connectivity index (χ1v) is 8.34. The molecule has 0 N–H and O–H groups in total. The van der Waals surface area contributed by atoms with Crippen LogP contribution in [0.25, 0.3) is 0 Å². The third-order valence-corrected chi connectivity index (χ3v) is 4.54. The molecule has 1 saturated heterocycles. The number of amides is 1. The van der Waals surface area contributed by atoms with Gasteiger partial charge in [0.2, 0.25) is 0 Å². The quantitative estimate of drug-likeness (QED) is 0.734. The highest BCUT2D eigenvalue weighted by atomic mass is 35.5. The molecule has 3 nitrogen and oxygen atoms in total. The maximum Gasteiger partial charge on any atom is 0.410 e. The number of benzene rings is 2. The zero-order chi connectivity index (χ0) is 16.1. The van der Waals surface area contributed by atoms with E-state index >= 15 is 0 Å². The van der Waals surface area contributed by atoms with Crippen LogP contribution in [0.2, 0.25) is 0 Å². The SMILES string of the molecule is O=C1OC(Cc2ccccc2)CN1CCC(Cl)c1ccccc1. The minimum absolute atomic E-state index is 0.0737. The summed E-state index contributed by atoms with van der Waals surface area (Å²) in [6.45, 7) is 1.25. The first kappa shape index (κ1) is 15.9. The van der Waals surface area contributed by atoms with Crippen molar-refractivity contribution in [1.82, 2.24) is 4.90 Å². The van der Waals surface area contributed by atoms with E-state index in [1.54, 1.807) is 4.90 Å². The van der Waals surface area contributed by atoms with Crippen LogP contribution in [-0.4, -0.2) is 30.2 Å². The average molecular weight is 330 g/mol. The Balaban J connectivity index is 1.50. The van der Waals surface area contributed by atoms with Gasteiger partial charge >= 0.3 is 6.09 Å². The number of nitrogens with zero attached hydrogens (tertiary/aromatic N) is 1. The molecule has 1 aliphatic rings. The van der Waals surface area contributed by atoms with Gasteiger partial charge in [0, 0.05) is 13.0 Å². The molecule has 120 valence electrons. The van der Waals surface area contributed by atoms with E-state index in [0.717, 1.165) is 18.4 Å². The van der Waals surface area contributed by atoms with Crippen molar-refractivity contribution in [3.63, 3.8) is 0 Å². The molecule has 2 aromatic carbocycles. The van der Waals surface area contributed by atoms with Crippen LogP contribution < -0.4 is 0 Å². The van der Waals surface area contributed by atoms with Crippen molar-refractivity contribution in [3.8, 4) is 0 Å². The second kappa shape index (κ2) is 7.51. The van der Waals surface area contributed by atoms with Crippen LogP contribution in [0.1, 0.15) is 22.9 Å². The highest BCUT2D eigenvalue weighted by molar-refractivity contribution is 6.20. The topological polar surface area (TPSA) is 29.5 Å². The third-order valence-electron chi connectivity index (χ3n) is 4.07. The summed E-state index contributed by atoms with van der Waals surface area (Å²) in [4.78, 5) is 13.7. The largest absolute Gasteiger partial charge is 0.444 e. The molecular formula is C19H20ClNO2. The van der Waals surface area contributed by atoms with E-state index in [9.17, 15) is 4.79 Å². The van der Waals surface area contributed by atoms with Crippen molar-refractivity contribution in [1.29, 1.82) is 0 Å². The zero-order valence-corrected chi connectivity index (χ0v) is 13.7. The number of hydrogen-bond acceptors (Lipinski definition) is 2. The van der Waals surface area contributed by atoms with E-state index < -0.39 is 0 Å². The second-order valence-electron chi connectivity index (χ2n) is 5.81. The zero-order valence-electron chi connectivity index (χ0n) is 12.9. The van der Waals surface area contributed by atoms with Crippen molar-refractivity contribution >= 4 is 17.7 Å². The molecule has 1 aliphatic heterocycles. The number of rotatable bonds is 6. The third kappa shape index (κ3) is 4.26. The summed E-state index contributed by atoms with van der Waals surface area (Å²) in [5.74, 6) is 0. The van der Waals surface area contributed by atoms with Crippen molar-refractivity contribution < 1.29 is 9.53 Å². The van der Waals surface area contributed by atoms with Gasteiger partial charge in [-0.3, -0.25) is 0 Å². The smallest absolute Gasteiger partial charge is 0.410 e. The number of hydrogen-bond donors (Lipinski definition) is 0. The molecule has 3 rings (SSSR count). The van der Waals surface area contributed by atoms with Gasteiger partial charge in [-0.15, -0.1) is 11.6 Å². The lowest BCUT2D eigenvalue weighted by atomic mass is 10.1. The predicted molar refractivity (Wildman–Crippen MR) is 91.6 cm³/mol. The van der Waals surface area contributed by atoms with Crippen LogP contribution in [0.15, 0.2) is 60.7 Å². The molecule has 1 heterocycles. The van der Waals surface area contributed by atoms with Crippen molar-refractivity contribution in [2.24, 2.45) is 0 Å². The number of carbonyl (C=O) groups is 1. The molecular weight excluding hydrogens is 310 g/mol. The maximum absolute atomic E-state index is 12.0. The Morgan fingerprint density at radius 1 is 1.09 bits per heavy atom. The van der Waals surface area contributed by atoms with E-state index in [0.29, 0.717) is 13.1 Å². The van der Waals surface area contributed by atoms with Crippen LogP contribution in [0.4, 0.5) is 4.79 Å². The van der Waals surface area contributed by atoms with Crippen LogP contribution in [0, 0.1) is 0 Å². The number of cyclic esters (lactones) is 1. The minimum Gasteiger partial charge on any atom is -0.444 e. The number of carbonyl (C=O) groups excluding carboxylic acids is 1. The molecule has 4 heteroatoms. The molecule has 0 radical (unpaired) electrons. The molecule has 1 fully saturated rings. The van der Waals surface area contributed by atoms with Crippen molar-refractivity contribution in [3.05, 3.63) is 71.8 Å². The Bertz CT molecular complexity index is 632. The van der Waals surface area contributed by atoms with Gasteiger partial charge < -0.3 is 9.64 Å². The molecule has 1 amide bonds. The van der Waals surface area contributed by atoms with E-state index in [2.05, 4.69) is 12.1 Å². The van der Waals surface area contributed by atoms with Crippen LogP contribution in [-0.2, 0) is 11.2 Å². The fourth-order valence-electron chi connectivity index (χ4n) is 2.84. The standard InChI is InChI=1S/C19H20ClNO2/c20-18(16-9-5-2-6-10-16)11-12-21-14-17(23-19(21)22)13-15-7-3-1-4-8-15/h1-10,17-18H,11-14H2. The Morgan fingerprint density at radius 3 is 2.43 bits per heavy atom. The summed E-state index contributed by atoms with van der Waals surface area (Å²) < 4.78 is 5.46. The molecule has 0 saturated carbocycles. The van der Waals surface area contributed by atoms with Gasteiger partial charge in [0.25, 0.3) is 0 Å². The predicted octanol–water partition coefficient (Wildman–Crippen LogP) is 4.42. The lowest BCUT2D eigenvalue weighted by Gasteiger charge is -2.16. The van der Waals surface area contributed by atoms with E-state index in [-0.39, 0.29) is 17.6 Å². The molecule has 23 heavy (non-hydrogen) atoms. The fraction of sp³-hybridized carbons (Fsp3) is 0.316. The van der Waals surface area contributed by atoms with Gasteiger partial charge in [-0.1, -0.05) is 60.7 Å². The summed E-state index contributed by atoms with van der Waals surface area (Å²) in [5, 5.41) is -0.0860. The van der Waals surface area contributed by atoms with Crippen LogP contribution in [0.3, 0.4) is 0 Å². The molecule has 2 atom stereocenters. The summed E-state index contributed by atoms with van der Waals surface area (Å²) in [5.41, 5.74) is 2.27. The maximum atomic E-state index is 12.0. The lowest BCUT2D eigenvalue weighted by Crippen LogP contribution is -2.27. The summed E-state index contributed by atoms with van der Waals surface area (Å²) in [6, 6.07) is 20.1. The van der Waals surface area contributed by atoms with Crippen LogP contribution >= 0.6 is 11.6 Å². The second-order valence-corrected chi connectivity index (χ2v) is 6.34. The van der Waals surface area contributed by atoms with Gasteiger partial charge in [0.15, 0.2) is 0 Å². The van der Waals surface area contributed by atoms with E-state index in [1.165, 1.54) is 5.56 Å². The minimum atomic E-state index is -0.233. The first-order chi connectivity index (χ1) is 11.2. The lowest BCUT2D eigenvalue weighted by molar-refractivity contribution is 0.132. The summed E-state index contributed by atoms with van der Waals surface area (Å²) in [6.07, 6.45) is 1.17. The van der Waals surface area contributed by atoms with Gasteiger partial charge in [-0.2, -0.15) is 0 Å². The van der Waals surface area contributed by atoms with Crippen molar-refractivity contribution in [2.45, 2.75) is 24.3 Å². The van der Waals surface area contributed by atoms with Crippen molar-refractivity contribution in [2.75, 3.05) is 13.1 Å². The monoisotopic (exact) mass is 329 g/mol. The normalized spacial score (nSPS) is 18.7. The fourth-order valence-corrected chi connectivity index (χ4v) is 3.08. The highest BCUT2D eigenvalue weighted by Crippen LogP contribution is 2.25. The Labute approximate surface area is 141 Å². The average Bonchev–Trinajstić information content (AvgIpc) is 2.94. The summed E-state index contributed by atoms with van der Waals surface area (Å²) >= 11 is 6.42. The van der Waals surface area contributed by atoms with Gasteiger partial charge in [-0.25, -0.2) is 4.79 Å². The van der Waals surface area contributed by atoms with Gasteiger partial charge in [0.05, 0.1) is 11.9 Å². The Hall–Kier alpha value is -2.00. The first-order valence-electron chi connectivity index (χ1n) is 7.91. The number of halogens is 1. The number of ether oxygens (including phenoxy) is 1. The molecule has 2 aromatic rings. The van der Waals surface area contributed by atoms with Gasteiger partial charge in [0.1, 0.15) is 6.10 Å². The number of alkyl halides is 1. The molecule has 0 aliphatic carbocycles. The molecule has 0 aromatic heterocycles. The van der Waals surface area contributed by atoms with E-state index in [4.69, 9.17) is 16.3 Å². The Kier molecular flexibility index (Phi) is 5.19. The van der Waals surface area contributed by atoms with Crippen LogP contribution in [0.5, 0.6) is 0 Å².